The zero-order chi connectivity index (χ0) is 15.1. The molecule has 1 atom stereocenters. The molecule has 2 aliphatic rings. The van der Waals surface area contributed by atoms with Gasteiger partial charge < -0.3 is 10.1 Å². The normalized spacial score (nSPS) is 20.2. The Morgan fingerprint density at radius 3 is 2.91 bits per heavy atom. The number of anilines is 1. The van der Waals surface area contributed by atoms with Gasteiger partial charge in [0.25, 0.3) is 0 Å². The Bertz CT molecular complexity index is 721. The van der Waals surface area contributed by atoms with Gasteiger partial charge in [0.15, 0.2) is 11.6 Å². The van der Waals surface area contributed by atoms with Gasteiger partial charge in [-0.25, -0.2) is 14.4 Å². The van der Waals surface area contributed by atoms with Gasteiger partial charge in [0.2, 0.25) is 0 Å². The van der Waals surface area contributed by atoms with Gasteiger partial charge in [0, 0.05) is 24.0 Å². The molecule has 1 N–H and O–H groups in total. The molecule has 0 unspecified atom stereocenters. The fourth-order valence-electron chi connectivity index (χ4n) is 2.75. The van der Waals surface area contributed by atoms with Gasteiger partial charge in [-0.05, 0) is 18.9 Å². The van der Waals surface area contributed by atoms with Crippen LogP contribution in [0.3, 0.4) is 0 Å². The van der Waals surface area contributed by atoms with E-state index in [1.165, 1.54) is 6.07 Å². The predicted octanol–water partition coefficient (Wildman–Crippen LogP) is 4.08. The Balaban J connectivity index is 1.63. The summed E-state index contributed by atoms with van der Waals surface area (Å²) in [5.41, 5.74) is 0.814. The van der Waals surface area contributed by atoms with E-state index < -0.39 is 0 Å². The van der Waals surface area contributed by atoms with E-state index in [1.54, 1.807) is 12.1 Å². The number of hydrogen-bond acceptors (Lipinski definition) is 4. The molecule has 6 heteroatoms. The number of nitrogens with one attached hydrogen (secondary N) is 1. The van der Waals surface area contributed by atoms with E-state index in [1.807, 2.05) is 6.07 Å². The van der Waals surface area contributed by atoms with E-state index in [2.05, 4.69) is 15.3 Å². The second-order valence-corrected chi connectivity index (χ2v) is 6.09. The van der Waals surface area contributed by atoms with Gasteiger partial charge in [0.05, 0.1) is 12.6 Å². The maximum Gasteiger partial charge on any atom is 0.165 e. The van der Waals surface area contributed by atoms with Gasteiger partial charge in [-0.15, -0.1) is 0 Å². The number of ether oxygens (including phenoxy) is 1. The van der Waals surface area contributed by atoms with Crippen LogP contribution in [0, 0.1) is 5.82 Å². The van der Waals surface area contributed by atoms with Gasteiger partial charge >= 0.3 is 0 Å². The molecule has 1 aliphatic heterocycles. The highest BCUT2D eigenvalue weighted by molar-refractivity contribution is 6.29. The van der Waals surface area contributed by atoms with Gasteiger partial charge in [-0.1, -0.05) is 23.7 Å². The monoisotopic (exact) mass is 319 g/mol. The Kier molecular flexibility index (Phi) is 3.37. The second kappa shape index (κ2) is 5.39. The minimum Gasteiger partial charge on any atom is -0.490 e. The summed E-state index contributed by atoms with van der Waals surface area (Å²) in [4.78, 5) is 8.82. The summed E-state index contributed by atoms with van der Waals surface area (Å²) >= 11 is 6.09. The molecule has 0 radical (unpaired) electrons. The summed E-state index contributed by atoms with van der Waals surface area (Å²) in [5.74, 6) is 1.90. The predicted molar refractivity (Wildman–Crippen MR) is 81.9 cm³/mol. The Morgan fingerprint density at radius 1 is 1.23 bits per heavy atom. The quantitative estimate of drug-likeness (QED) is 0.866. The number of hydrogen-bond donors (Lipinski definition) is 1. The van der Waals surface area contributed by atoms with E-state index in [0.29, 0.717) is 29.2 Å². The standard InChI is InChI=1S/C16H15ClFN3O/c17-13-8-14(21-16(20-13)9-4-5-9)19-12-6-7-22-15-10(12)2-1-3-11(15)18/h1-3,8-9,12H,4-7H2,(H,19,20,21)/t12-/m0/s1. The molecule has 0 saturated heterocycles. The number of halogens is 2. The van der Waals surface area contributed by atoms with Crippen LogP contribution in [0.15, 0.2) is 24.3 Å². The maximum absolute atomic E-state index is 13.8. The summed E-state index contributed by atoms with van der Waals surface area (Å²) in [6.45, 7) is 0.472. The van der Waals surface area contributed by atoms with Crippen molar-refractivity contribution in [2.75, 3.05) is 11.9 Å². The smallest absolute Gasteiger partial charge is 0.165 e. The van der Waals surface area contributed by atoms with Crippen LogP contribution in [0.4, 0.5) is 10.2 Å². The molecule has 2 aromatic rings. The molecule has 1 aliphatic carbocycles. The zero-order valence-corrected chi connectivity index (χ0v) is 12.6. The molecule has 1 aromatic heterocycles. The molecule has 0 amide bonds. The second-order valence-electron chi connectivity index (χ2n) is 5.70. The van der Waals surface area contributed by atoms with Crippen LogP contribution in [0.2, 0.25) is 5.15 Å². The molecular formula is C16H15ClFN3O. The number of benzene rings is 1. The topological polar surface area (TPSA) is 47.0 Å². The van der Waals surface area contributed by atoms with E-state index in [-0.39, 0.29) is 11.9 Å². The highest BCUT2D eigenvalue weighted by Gasteiger charge is 2.28. The van der Waals surface area contributed by atoms with Crippen molar-refractivity contribution in [2.45, 2.75) is 31.2 Å². The molecule has 2 heterocycles. The largest absolute Gasteiger partial charge is 0.490 e. The van der Waals surface area contributed by atoms with Crippen molar-refractivity contribution < 1.29 is 9.13 Å². The van der Waals surface area contributed by atoms with Crippen molar-refractivity contribution in [2.24, 2.45) is 0 Å². The van der Waals surface area contributed by atoms with Crippen LogP contribution in [0.1, 0.15) is 42.6 Å². The molecule has 22 heavy (non-hydrogen) atoms. The molecule has 1 aromatic carbocycles. The average Bonchev–Trinajstić information content (AvgIpc) is 3.32. The first-order chi connectivity index (χ1) is 10.7. The molecular weight excluding hydrogens is 305 g/mol. The van der Waals surface area contributed by atoms with Gasteiger partial charge in [-0.2, -0.15) is 0 Å². The van der Waals surface area contributed by atoms with Crippen molar-refractivity contribution in [1.82, 2.24) is 9.97 Å². The van der Waals surface area contributed by atoms with Gasteiger partial charge in [-0.3, -0.25) is 0 Å². The first-order valence-corrected chi connectivity index (χ1v) is 7.81. The maximum atomic E-state index is 13.8. The lowest BCUT2D eigenvalue weighted by molar-refractivity contribution is 0.260. The number of fused-ring (bicyclic) bond motifs is 1. The average molecular weight is 320 g/mol. The number of nitrogens with zero attached hydrogens (tertiary/aromatic N) is 2. The van der Waals surface area contributed by atoms with Crippen molar-refractivity contribution in [3.63, 3.8) is 0 Å². The van der Waals surface area contributed by atoms with Gasteiger partial charge in [0.1, 0.15) is 16.8 Å². The first-order valence-electron chi connectivity index (χ1n) is 7.43. The third-order valence-corrected chi connectivity index (χ3v) is 4.20. The third-order valence-electron chi connectivity index (χ3n) is 4.00. The summed E-state index contributed by atoms with van der Waals surface area (Å²) < 4.78 is 19.3. The Labute approximate surface area is 132 Å². The summed E-state index contributed by atoms with van der Waals surface area (Å²) in [5, 5.41) is 3.78. The number of rotatable bonds is 3. The van der Waals surface area contributed by atoms with Crippen molar-refractivity contribution in [3.05, 3.63) is 46.6 Å². The summed E-state index contributed by atoms with van der Waals surface area (Å²) in [6, 6.07) is 6.65. The summed E-state index contributed by atoms with van der Waals surface area (Å²) in [6.07, 6.45) is 2.98. The lowest BCUT2D eigenvalue weighted by atomic mass is 10.0. The van der Waals surface area contributed by atoms with Crippen LogP contribution >= 0.6 is 11.6 Å². The lowest BCUT2D eigenvalue weighted by Gasteiger charge is -2.27. The van der Waals surface area contributed by atoms with Crippen molar-refractivity contribution in [3.8, 4) is 5.75 Å². The molecule has 0 spiro atoms. The third kappa shape index (κ3) is 2.61. The first kappa shape index (κ1) is 13.8. The minimum atomic E-state index is -0.330. The fourth-order valence-corrected chi connectivity index (χ4v) is 2.94. The van der Waals surface area contributed by atoms with Crippen molar-refractivity contribution in [1.29, 1.82) is 0 Å². The Hall–Kier alpha value is -1.88. The lowest BCUT2D eigenvalue weighted by Crippen LogP contribution is -2.21. The highest BCUT2D eigenvalue weighted by atomic mass is 35.5. The van der Waals surface area contributed by atoms with Crippen LogP contribution in [0.25, 0.3) is 0 Å². The van der Waals surface area contributed by atoms with E-state index >= 15 is 0 Å². The van der Waals surface area contributed by atoms with Crippen LogP contribution < -0.4 is 10.1 Å². The Morgan fingerprint density at radius 2 is 2.09 bits per heavy atom. The van der Waals surface area contributed by atoms with E-state index in [4.69, 9.17) is 16.3 Å². The molecule has 1 fully saturated rings. The van der Waals surface area contributed by atoms with Crippen LogP contribution in [0.5, 0.6) is 5.75 Å². The van der Waals surface area contributed by atoms with E-state index in [0.717, 1.165) is 30.7 Å². The van der Waals surface area contributed by atoms with Crippen LogP contribution in [-0.2, 0) is 0 Å². The molecule has 4 rings (SSSR count). The zero-order valence-electron chi connectivity index (χ0n) is 11.9. The number of aromatic nitrogens is 2. The van der Waals surface area contributed by atoms with Crippen LogP contribution in [-0.4, -0.2) is 16.6 Å². The van der Waals surface area contributed by atoms with Crippen molar-refractivity contribution >= 4 is 17.4 Å². The molecule has 4 nitrogen and oxygen atoms in total. The number of para-hydroxylation sites is 1. The summed E-state index contributed by atoms with van der Waals surface area (Å²) in [7, 11) is 0. The molecule has 1 saturated carbocycles. The highest BCUT2D eigenvalue weighted by Crippen LogP contribution is 2.40. The molecule has 114 valence electrons. The molecule has 0 bridgehead atoms. The SMILES string of the molecule is Fc1cccc2c1OCC[C@@H]2Nc1cc(Cl)nc(C2CC2)n1. The fraction of sp³-hybridized carbons (Fsp3) is 0.375. The minimum absolute atomic E-state index is 0.0440. The van der Waals surface area contributed by atoms with E-state index in [9.17, 15) is 4.39 Å².